The van der Waals surface area contributed by atoms with Crippen LogP contribution in [0.1, 0.15) is 15.9 Å². The highest BCUT2D eigenvalue weighted by molar-refractivity contribution is 7.88. The summed E-state index contributed by atoms with van der Waals surface area (Å²) in [5.74, 6) is -0.200. The molecule has 21 heavy (non-hydrogen) atoms. The predicted molar refractivity (Wildman–Crippen MR) is 81.5 cm³/mol. The van der Waals surface area contributed by atoms with E-state index in [1.54, 1.807) is 35.6 Å². The Morgan fingerprint density at radius 1 is 1.14 bits per heavy atom. The molecule has 1 aliphatic rings. The summed E-state index contributed by atoms with van der Waals surface area (Å²) in [7, 11) is 0.259. The molecule has 0 spiro atoms. The van der Waals surface area contributed by atoms with Crippen molar-refractivity contribution in [2.75, 3.05) is 40.3 Å². The van der Waals surface area contributed by atoms with Crippen LogP contribution in [0.3, 0.4) is 0 Å². The molecule has 1 fully saturated rings. The number of carbonyl (C=O) groups is 1. The predicted octanol–water partition coefficient (Wildman–Crippen LogP) is 0.123. The summed E-state index contributed by atoms with van der Waals surface area (Å²) >= 11 is 0. The number of nitrogens with zero attached hydrogens (tertiary/aromatic N) is 2. The third kappa shape index (κ3) is 4.03. The quantitative estimate of drug-likeness (QED) is 0.858. The summed E-state index contributed by atoms with van der Waals surface area (Å²) in [5, 5.41) is 2.53. The van der Waals surface area contributed by atoms with Crippen molar-refractivity contribution < 1.29 is 13.2 Å². The molecule has 116 valence electrons. The Morgan fingerprint density at radius 2 is 1.71 bits per heavy atom. The molecule has 0 radical (unpaired) electrons. The first-order valence-electron chi connectivity index (χ1n) is 6.90. The van der Waals surface area contributed by atoms with Gasteiger partial charge in [0, 0.05) is 38.8 Å². The van der Waals surface area contributed by atoms with Crippen molar-refractivity contribution in [1.29, 1.82) is 0 Å². The van der Waals surface area contributed by atoms with Crippen molar-refractivity contribution in [3.63, 3.8) is 0 Å². The number of sulfonamides is 1. The second-order valence-electron chi connectivity index (χ2n) is 5.23. The molecule has 6 nitrogen and oxygen atoms in total. The van der Waals surface area contributed by atoms with Gasteiger partial charge in [0.2, 0.25) is 10.0 Å². The summed E-state index contributed by atoms with van der Waals surface area (Å²) in [6, 6.07) is 6.68. The van der Waals surface area contributed by atoms with Crippen molar-refractivity contribution in [2.24, 2.45) is 0 Å². The zero-order valence-electron chi connectivity index (χ0n) is 12.4. The van der Waals surface area contributed by atoms with Gasteiger partial charge in [-0.15, -0.1) is 0 Å². The lowest BCUT2D eigenvalue weighted by atomic mass is 10.1. The van der Waals surface area contributed by atoms with E-state index in [0.717, 1.165) is 13.1 Å². The molecule has 1 heterocycles. The molecule has 0 bridgehead atoms. The van der Waals surface area contributed by atoms with Gasteiger partial charge in [-0.25, -0.2) is 8.42 Å². The number of likely N-dealkylation sites (N-methyl/N-ethyl adjacent to an activating group) is 1. The maximum Gasteiger partial charge on any atom is 0.251 e. The third-order valence-corrected chi connectivity index (χ3v) is 5.50. The topological polar surface area (TPSA) is 69.7 Å². The monoisotopic (exact) mass is 311 g/mol. The molecule has 0 aromatic heterocycles. The van der Waals surface area contributed by atoms with Crippen LogP contribution in [0.4, 0.5) is 0 Å². The smallest absolute Gasteiger partial charge is 0.251 e. The van der Waals surface area contributed by atoms with Crippen molar-refractivity contribution in [3.8, 4) is 0 Å². The van der Waals surface area contributed by atoms with Crippen LogP contribution in [0.5, 0.6) is 0 Å². The summed E-state index contributed by atoms with van der Waals surface area (Å²) in [6.07, 6.45) is 0. The Labute approximate surface area is 125 Å². The second kappa shape index (κ2) is 6.55. The van der Waals surface area contributed by atoms with Crippen LogP contribution in [-0.4, -0.2) is 63.8 Å². The van der Waals surface area contributed by atoms with Gasteiger partial charge in [-0.1, -0.05) is 12.1 Å². The van der Waals surface area contributed by atoms with Crippen LogP contribution in [0.15, 0.2) is 24.3 Å². The van der Waals surface area contributed by atoms with Gasteiger partial charge in [-0.3, -0.25) is 4.79 Å². The van der Waals surface area contributed by atoms with E-state index in [0.29, 0.717) is 24.2 Å². The van der Waals surface area contributed by atoms with Gasteiger partial charge in [0.1, 0.15) is 0 Å². The normalized spacial score (nSPS) is 17.6. The van der Waals surface area contributed by atoms with Gasteiger partial charge in [-0.2, -0.15) is 4.31 Å². The minimum atomic E-state index is -3.29. The Kier molecular flexibility index (Phi) is 4.97. The highest BCUT2D eigenvalue weighted by atomic mass is 32.2. The highest BCUT2D eigenvalue weighted by Gasteiger charge is 2.25. The molecular weight excluding hydrogens is 290 g/mol. The Bertz CT molecular complexity index is 590. The SMILES string of the molecule is CNC(=O)c1ccc(CS(=O)(=O)N2CCN(C)CC2)cc1. The number of hydrogen-bond donors (Lipinski definition) is 1. The molecule has 1 aliphatic heterocycles. The average molecular weight is 311 g/mol. The fourth-order valence-corrected chi connectivity index (χ4v) is 3.78. The molecule has 1 aromatic rings. The number of piperazine rings is 1. The molecule has 2 rings (SSSR count). The maximum atomic E-state index is 12.4. The van der Waals surface area contributed by atoms with Gasteiger partial charge >= 0.3 is 0 Å². The van der Waals surface area contributed by atoms with Gasteiger partial charge in [0.05, 0.1) is 5.75 Å². The third-order valence-electron chi connectivity index (χ3n) is 3.65. The van der Waals surface area contributed by atoms with Crippen molar-refractivity contribution in [1.82, 2.24) is 14.5 Å². The minimum absolute atomic E-state index is 0.0231. The summed E-state index contributed by atoms with van der Waals surface area (Å²) in [6.45, 7) is 2.59. The first-order valence-corrected chi connectivity index (χ1v) is 8.50. The number of benzene rings is 1. The highest BCUT2D eigenvalue weighted by Crippen LogP contribution is 2.14. The number of hydrogen-bond acceptors (Lipinski definition) is 4. The van der Waals surface area contributed by atoms with E-state index in [2.05, 4.69) is 10.2 Å². The lowest BCUT2D eigenvalue weighted by Gasteiger charge is -2.31. The van der Waals surface area contributed by atoms with Gasteiger partial charge < -0.3 is 10.2 Å². The van der Waals surface area contributed by atoms with Gasteiger partial charge in [0.15, 0.2) is 0 Å². The number of carbonyl (C=O) groups excluding carboxylic acids is 1. The summed E-state index contributed by atoms with van der Waals surface area (Å²) < 4.78 is 26.3. The number of amides is 1. The first-order chi connectivity index (χ1) is 9.92. The number of nitrogens with one attached hydrogen (secondary N) is 1. The molecule has 1 aromatic carbocycles. The average Bonchev–Trinajstić information content (AvgIpc) is 2.47. The Balaban J connectivity index is 2.05. The zero-order chi connectivity index (χ0) is 15.5. The zero-order valence-corrected chi connectivity index (χ0v) is 13.2. The van der Waals surface area contributed by atoms with E-state index in [1.165, 1.54) is 0 Å². The van der Waals surface area contributed by atoms with E-state index in [4.69, 9.17) is 0 Å². The Hall–Kier alpha value is -1.44. The van der Waals surface area contributed by atoms with E-state index in [9.17, 15) is 13.2 Å². The fourth-order valence-electron chi connectivity index (χ4n) is 2.26. The molecule has 0 unspecified atom stereocenters. The van der Waals surface area contributed by atoms with Gasteiger partial charge in [0.25, 0.3) is 5.91 Å². The van der Waals surface area contributed by atoms with Crippen LogP contribution >= 0.6 is 0 Å². The maximum absolute atomic E-state index is 12.4. The van der Waals surface area contributed by atoms with Crippen molar-refractivity contribution in [3.05, 3.63) is 35.4 Å². The molecule has 1 N–H and O–H groups in total. The second-order valence-corrected chi connectivity index (χ2v) is 7.20. The van der Waals surface area contributed by atoms with Crippen LogP contribution in [0.25, 0.3) is 0 Å². The van der Waals surface area contributed by atoms with E-state index in [-0.39, 0.29) is 11.7 Å². The minimum Gasteiger partial charge on any atom is -0.355 e. The van der Waals surface area contributed by atoms with Gasteiger partial charge in [-0.05, 0) is 24.7 Å². The lowest BCUT2D eigenvalue weighted by Crippen LogP contribution is -2.47. The summed E-state index contributed by atoms with van der Waals surface area (Å²) in [4.78, 5) is 13.6. The van der Waals surface area contributed by atoms with Crippen LogP contribution in [-0.2, 0) is 15.8 Å². The molecule has 0 atom stereocenters. The van der Waals surface area contributed by atoms with E-state index in [1.807, 2.05) is 7.05 Å². The first kappa shape index (κ1) is 15.9. The molecule has 0 aliphatic carbocycles. The molecule has 1 amide bonds. The largest absolute Gasteiger partial charge is 0.355 e. The van der Waals surface area contributed by atoms with Crippen LogP contribution in [0, 0.1) is 0 Å². The lowest BCUT2D eigenvalue weighted by molar-refractivity contribution is 0.0963. The number of rotatable bonds is 4. The fraction of sp³-hybridized carbons (Fsp3) is 0.500. The Morgan fingerprint density at radius 3 is 2.24 bits per heavy atom. The van der Waals surface area contributed by atoms with Crippen molar-refractivity contribution in [2.45, 2.75) is 5.75 Å². The summed E-state index contributed by atoms with van der Waals surface area (Å²) in [5.41, 5.74) is 1.22. The standard InChI is InChI=1S/C14H21N3O3S/c1-15-14(18)13-5-3-12(4-6-13)11-21(19,20)17-9-7-16(2)8-10-17/h3-6H,7-11H2,1-2H3,(H,15,18). The molecular formula is C14H21N3O3S. The van der Waals surface area contributed by atoms with Crippen molar-refractivity contribution >= 4 is 15.9 Å². The van der Waals surface area contributed by atoms with E-state index >= 15 is 0 Å². The van der Waals surface area contributed by atoms with Crippen LogP contribution < -0.4 is 5.32 Å². The van der Waals surface area contributed by atoms with Crippen LogP contribution in [0.2, 0.25) is 0 Å². The molecule has 1 saturated heterocycles. The van der Waals surface area contributed by atoms with E-state index < -0.39 is 10.0 Å². The molecule has 0 saturated carbocycles. The molecule has 7 heteroatoms.